The standard InChI is InChI=1S/C18H18N4O5/c23-16-6-1-3-13(11-16)17(24)20-7-9-21(10-8-20)18(25)19-14-4-2-5-15(12-14)22(26)27/h1-6,11-12,23H,7-10H2,(H,19,25). The number of nitrogens with one attached hydrogen (secondary N) is 1. The smallest absolute Gasteiger partial charge is 0.321 e. The number of rotatable bonds is 3. The van der Waals surface area contributed by atoms with Gasteiger partial charge in [-0.25, -0.2) is 4.79 Å². The van der Waals surface area contributed by atoms with Gasteiger partial charge in [-0.1, -0.05) is 12.1 Å². The van der Waals surface area contributed by atoms with Gasteiger partial charge in [-0.3, -0.25) is 14.9 Å². The zero-order valence-corrected chi connectivity index (χ0v) is 14.4. The van der Waals surface area contributed by atoms with Crippen LogP contribution < -0.4 is 5.32 Å². The first kappa shape index (κ1) is 18.2. The van der Waals surface area contributed by atoms with E-state index in [2.05, 4.69) is 5.32 Å². The number of carbonyl (C=O) groups excluding carboxylic acids is 2. The monoisotopic (exact) mass is 370 g/mol. The van der Waals surface area contributed by atoms with Crippen molar-refractivity contribution in [1.82, 2.24) is 9.80 Å². The number of aromatic hydroxyl groups is 1. The molecule has 0 radical (unpaired) electrons. The second-order valence-electron chi connectivity index (χ2n) is 6.07. The zero-order valence-electron chi connectivity index (χ0n) is 14.4. The second kappa shape index (κ2) is 7.73. The van der Waals surface area contributed by atoms with Gasteiger partial charge >= 0.3 is 6.03 Å². The number of nitro benzene ring substituents is 1. The lowest BCUT2D eigenvalue weighted by Gasteiger charge is -2.34. The third-order valence-electron chi connectivity index (χ3n) is 4.26. The number of piperazine rings is 1. The van der Waals surface area contributed by atoms with E-state index < -0.39 is 4.92 Å². The van der Waals surface area contributed by atoms with Gasteiger partial charge in [0.2, 0.25) is 0 Å². The third-order valence-corrected chi connectivity index (χ3v) is 4.26. The lowest BCUT2D eigenvalue weighted by molar-refractivity contribution is -0.384. The molecule has 140 valence electrons. The molecule has 0 spiro atoms. The van der Waals surface area contributed by atoms with Crippen LogP contribution in [0.3, 0.4) is 0 Å². The molecule has 0 saturated carbocycles. The van der Waals surface area contributed by atoms with Crippen molar-refractivity contribution in [2.45, 2.75) is 0 Å². The van der Waals surface area contributed by atoms with Crippen molar-refractivity contribution in [3.05, 3.63) is 64.2 Å². The number of nitrogens with zero attached hydrogens (tertiary/aromatic N) is 3. The number of phenols is 1. The maximum absolute atomic E-state index is 12.5. The Balaban J connectivity index is 1.57. The molecule has 0 aliphatic carbocycles. The number of amides is 3. The van der Waals surface area contributed by atoms with E-state index in [-0.39, 0.29) is 23.4 Å². The SMILES string of the molecule is O=C(Nc1cccc([N+](=O)[O-])c1)N1CCN(C(=O)c2cccc(O)c2)CC1. The summed E-state index contributed by atoms with van der Waals surface area (Å²) in [5.41, 5.74) is 0.631. The average molecular weight is 370 g/mol. The van der Waals surface area contributed by atoms with Crippen LogP contribution in [0.2, 0.25) is 0 Å². The average Bonchev–Trinajstić information content (AvgIpc) is 2.67. The highest BCUT2D eigenvalue weighted by molar-refractivity contribution is 5.95. The Morgan fingerprint density at radius 1 is 1.00 bits per heavy atom. The zero-order chi connectivity index (χ0) is 19.4. The fourth-order valence-corrected chi connectivity index (χ4v) is 2.83. The molecule has 3 rings (SSSR count). The van der Waals surface area contributed by atoms with Crippen molar-refractivity contribution >= 4 is 23.3 Å². The predicted octanol–water partition coefficient (Wildman–Crippen LogP) is 2.29. The molecular formula is C18H18N4O5. The number of phenolic OH excluding ortho intramolecular Hbond substituents is 1. The minimum absolute atomic E-state index is 0.0239. The Morgan fingerprint density at radius 2 is 1.67 bits per heavy atom. The number of hydrogen-bond acceptors (Lipinski definition) is 5. The van der Waals surface area contributed by atoms with Crippen LogP contribution in [0.15, 0.2) is 48.5 Å². The Labute approximate surface area is 155 Å². The summed E-state index contributed by atoms with van der Waals surface area (Å²) in [5, 5.41) is 22.9. The summed E-state index contributed by atoms with van der Waals surface area (Å²) in [4.78, 5) is 38.2. The van der Waals surface area contributed by atoms with Crippen LogP contribution >= 0.6 is 0 Å². The second-order valence-corrected chi connectivity index (χ2v) is 6.07. The minimum atomic E-state index is -0.526. The minimum Gasteiger partial charge on any atom is -0.508 e. The van der Waals surface area contributed by atoms with Crippen LogP contribution in [0.25, 0.3) is 0 Å². The maximum Gasteiger partial charge on any atom is 0.321 e. The van der Waals surface area contributed by atoms with E-state index in [1.807, 2.05) is 0 Å². The van der Waals surface area contributed by atoms with Crippen molar-refractivity contribution in [3.8, 4) is 5.75 Å². The lowest BCUT2D eigenvalue weighted by Crippen LogP contribution is -2.51. The van der Waals surface area contributed by atoms with Gasteiger partial charge in [0.05, 0.1) is 4.92 Å². The predicted molar refractivity (Wildman–Crippen MR) is 97.7 cm³/mol. The van der Waals surface area contributed by atoms with Crippen LogP contribution in [0.4, 0.5) is 16.2 Å². The fraction of sp³-hybridized carbons (Fsp3) is 0.222. The molecule has 0 bridgehead atoms. The molecule has 1 aliphatic rings. The van der Waals surface area contributed by atoms with Crippen LogP contribution in [0.5, 0.6) is 5.75 Å². The molecule has 0 atom stereocenters. The van der Waals surface area contributed by atoms with Gasteiger partial charge in [-0.15, -0.1) is 0 Å². The highest BCUT2D eigenvalue weighted by atomic mass is 16.6. The van der Waals surface area contributed by atoms with Crippen LogP contribution in [0.1, 0.15) is 10.4 Å². The van der Waals surface area contributed by atoms with Crippen molar-refractivity contribution in [2.75, 3.05) is 31.5 Å². The van der Waals surface area contributed by atoms with Crippen LogP contribution in [-0.4, -0.2) is 57.9 Å². The molecule has 2 N–H and O–H groups in total. The van der Waals surface area contributed by atoms with Crippen LogP contribution in [0, 0.1) is 10.1 Å². The van der Waals surface area contributed by atoms with Gasteiger partial charge in [0.1, 0.15) is 5.75 Å². The van der Waals surface area contributed by atoms with Gasteiger partial charge in [0, 0.05) is 49.6 Å². The topological polar surface area (TPSA) is 116 Å². The first-order valence-corrected chi connectivity index (χ1v) is 8.33. The number of carbonyl (C=O) groups is 2. The molecule has 0 aromatic heterocycles. The van der Waals surface area contributed by atoms with E-state index in [1.54, 1.807) is 28.0 Å². The maximum atomic E-state index is 12.5. The molecule has 9 nitrogen and oxygen atoms in total. The van der Waals surface area contributed by atoms with Crippen LogP contribution in [-0.2, 0) is 0 Å². The van der Waals surface area contributed by atoms with E-state index in [9.17, 15) is 24.8 Å². The first-order chi connectivity index (χ1) is 12.9. The third kappa shape index (κ3) is 4.32. The molecule has 27 heavy (non-hydrogen) atoms. The Hall–Kier alpha value is -3.62. The van der Waals surface area contributed by atoms with Gasteiger partial charge in [-0.05, 0) is 24.3 Å². The molecule has 1 fully saturated rings. The number of hydrogen-bond donors (Lipinski definition) is 2. The van der Waals surface area contributed by atoms with Gasteiger partial charge < -0.3 is 20.2 Å². The highest BCUT2D eigenvalue weighted by Gasteiger charge is 2.25. The van der Waals surface area contributed by atoms with E-state index in [0.29, 0.717) is 37.4 Å². The highest BCUT2D eigenvalue weighted by Crippen LogP contribution is 2.18. The summed E-state index contributed by atoms with van der Waals surface area (Å²) in [7, 11) is 0. The normalized spacial score (nSPS) is 13.9. The molecule has 0 unspecified atom stereocenters. The van der Waals surface area contributed by atoms with E-state index >= 15 is 0 Å². The van der Waals surface area contributed by atoms with E-state index in [4.69, 9.17) is 0 Å². The molecule has 3 amide bonds. The summed E-state index contributed by atoms with van der Waals surface area (Å²) >= 11 is 0. The molecule has 1 saturated heterocycles. The number of benzene rings is 2. The Kier molecular flexibility index (Phi) is 5.20. The summed E-state index contributed by atoms with van der Waals surface area (Å²) in [6.07, 6.45) is 0. The molecule has 2 aromatic carbocycles. The Morgan fingerprint density at radius 3 is 2.33 bits per heavy atom. The first-order valence-electron chi connectivity index (χ1n) is 8.33. The molecule has 9 heteroatoms. The lowest BCUT2D eigenvalue weighted by atomic mass is 10.1. The number of anilines is 1. The Bertz CT molecular complexity index is 878. The number of nitro groups is 1. The summed E-state index contributed by atoms with van der Waals surface area (Å²) in [5.74, 6) is -0.180. The van der Waals surface area contributed by atoms with Gasteiger partial charge in [0.15, 0.2) is 0 Å². The summed E-state index contributed by atoms with van der Waals surface area (Å²) in [6, 6.07) is 11.5. The molecule has 1 aliphatic heterocycles. The van der Waals surface area contributed by atoms with Crippen molar-refractivity contribution in [1.29, 1.82) is 0 Å². The van der Waals surface area contributed by atoms with E-state index in [1.165, 1.54) is 30.3 Å². The fourth-order valence-electron chi connectivity index (χ4n) is 2.83. The van der Waals surface area contributed by atoms with Gasteiger partial charge in [0.25, 0.3) is 11.6 Å². The number of urea groups is 1. The quantitative estimate of drug-likeness (QED) is 0.635. The van der Waals surface area contributed by atoms with Crippen molar-refractivity contribution in [3.63, 3.8) is 0 Å². The summed E-state index contributed by atoms with van der Waals surface area (Å²) in [6.45, 7) is 1.39. The van der Waals surface area contributed by atoms with Gasteiger partial charge in [-0.2, -0.15) is 0 Å². The molecule has 2 aromatic rings. The number of non-ortho nitro benzene ring substituents is 1. The van der Waals surface area contributed by atoms with Crippen molar-refractivity contribution in [2.24, 2.45) is 0 Å². The summed E-state index contributed by atoms with van der Waals surface area (Å²) < 4.78 is 0. The largest absolute Gasteiger partial charge is 0.508 e. The molecule has 1 heterocycles. The molecular weight excluding hydrogens is 352 g/mol. The van der Waals surface area contributed by atoms with Crippen molar-refractivity contribution < 1.29 is 19.6 Å². The van der Waals surface area contributed by atoms with E-state index in [0.717, 1.165) is 0 Å².